The van der Waals surface area contributed by atoms with Gasteiger partial charge < -0.3 is 15.0 Å². The zero-order chi connectivity index (χ0) is 44.5. The molecule has 0 spiro atoms. The van der Waals surface area contributed by atoms with Crippen LogP contribution < -0.4 is 0 Å². The maximum absolute atomic E-state index is 9.72. The zero-order valence-electron chi connectivity index (χ0n) is 36.7. The SMILES string of the molecule is N#Cc1cc[c-]c(-c2cc(-c3ccc(-c4ccccc4)cc3)c(-c3ccccc3-c3cc(CCc4ccc(-c5[c-]cccc5)nc4)cc(CCc4ccc(-c5[c-]cccc5)nc4)c3)cn2)c1.[Ir+3]. The van der Waals surface area contributed by atoms with E-state index in [1.165, 1.54) is 27.8 Å². The van der Waals surface area contributed by atoms with Crippen LogP contribution in [0.1, 0.15) is 27.8 Å². The van der Waals surface area contributed by atoms with Crippen molar-refractivity contribution in [3.8, 4) is 84.3 Å². The van der Waals surface area contributed by atoms with Crippen molar-refractivity contribution in [2.75, 3.05) is 0 Å². The summed E-state index contributed by atoms with van der Waals surface area (Å²) in [7, 11) is 0. The zero-order valence-corrected chi connectivity index (χ0v) is 39.1. The second kappa shape index (κ2) is 21.0. The second-order valence-electron chi connectivity index (χ2n) is 16.4. The number of nitrogens with zero attached hydrogens (tertiary/aromatic N) is 4. The van der Waals surface area contributed by atoms with Crippen molar-refractivity contribution in [1.82, 2.24) is 15.0 Å². The topological polar surface area (TPSA) is 62.5 Å². The van der Waals surface area contributed by atoms with E-state index >= 15 is 0 Å². The van der Waals surface area contributed by atoms with Crippen LogP contribution in [0, 0.1) is 29.5 Å². The molecule has 0 N–H and O–H groups in total. The van der Waals surface area contributed by atoms with Gasteiger partial charge in [-0.3, -0.25) is 0 Å². The molecule has 0 unspecified atom stereocenters. The van der Waals surface area contributed by atoms with Crippen molar-refractivity contribution in [2.45, 2.75) is 25.7 Å². The Morgan fingerprint density at radius 2 is 0.896 bits per heavy atom. The number of pyridine rings is 3. The molecular weight excluding hydrogens is 993 g/mol. The van der Waals surface area contributed by atoms with Crippen molar-refractivity contribution in [3.63, 3.8) is 0 Å². The molecule has 0 saturated carbocycles. The molecule has 7 aromatic carbocycles. The Morgan fingerprint density at radius 3 is 1.48 bits per heavy atom. The number of aromatic nitrogens is 3. The van der Waals surface area contributed by atoms with Gasteiger partial charge in [0.25, 0.3) is 0 Å². The fourth-order valence-electron chi connectivity index (χ4n) is 8.54. The molecule has 0 saturated heterocycles. The maximum Gasteiger partial charge on any atom is 3.00 e. The Labute approximate surface area is 406 Å². The first-order valence-corrected chi connectivity index (χ1v) is 22.3. The van der Waals surface area contributed by atoms with Crippen molar-refractivity contribution in [3.05, 3.63) is 259 Å². The Balaban J connectivity index is 0.00000562. The number of benzene rings is 7. The van der Waals surface area contributed by atoms with E-state index in [2.05, 4.69) is 146 Å². The molecule has 320 valence electrons. The molecule has 0 amide bonds. The number of hydrogen-bond acceptors (Lipinski definition) is 4. The van der Waals surface area contributed by atoms with Gasteiger partial charge in [0.05, 0.1) is 6.07 Å². The number of rotatable bonds is 13. The van der Waals surface area contributed by atoms with E-state index in [0.29, 0.717) is 5.56 Å². The molecule has 0 aliphatic rings. The van der Waals surface area contributed by atoms with E-state index < -0.39 is 0 Å². The Bertz CT molecular complexity index is 3170. The van der Waals surface area contributed by atoms with Gasteiger partial charge in [-0.15, -0.1) is 102 Å². The third kappa shape index (κ3) is 10.5. The minimum absolute atomic E-state index is 0. The molecule has 3 aromatic heterocycles. The van der Waals surface area contributed by atoms with Crippen LogP contribution in [0.5, 0.6) is 0 Å². The summed E-state index contributed by atoms with van der Waals surface area (Å²) in [5, 5.41) is 9.72. The second-order valence-corrected chi connectivity index (χ2v) is 16.4. The van der Waals surface area contributed by atoms with Crippen molar-refractivity contribution >= 4 is 0 Å². The maximum atomic E-state index is 9.72. The number of nitriles is 1. The molecular formula is C62H43IrN4. The van der Waals surface area contributed by atoms with Crippen LogP contribution in [0.15, 0.2) is 213 Å². The molecule has 4 nitrogen and oxygen atoms in total. The van der Waals surface area contributed by atoms with Crippen LogP contribution in [0.3, 0.4) is 0 Å². The number of hydrogen-bond donors (Lipinski definition) is 0. The van der Waals surface area contributed by atoms with E-state index in [0.717, 1.165) is 98.4 Å². The van der Waals surface area contributed by atoms with Crippen LogP contribution >= 0.6 is 0 Å². The first kappa shape index (κ1) is 44.3. The van der Waals surface area contributed by atoms with E-state index in [1.807, 2.05) is 79.3 Å². The molecule has 10 aromatic rings. The van der Waals surface area contributed by atoms with Crippen molar-refractivity contribution in [1.29, 1.82) is 5.26 Å². The van der Waals surface area contributed by atoms with Crippen LogP contribution in [0.25, 0.3) is 78.3 Å². The predicted molar refractivity (Wildman–Crippen MR) is 267 cm³/mol. The first-order chi connectivity index (χ1) is 32.6. The molecule has 0 fully saturated rings. The first-order valence-electron chi connectivity index (χ1n) is 22.3. The Hall–Kier alpha value is -7.87. The van der Waals surface area contributed by atoms with Gasteiger partial charge in [0.2, 0.25) is 0 Å². The Morgan fingerprint density at radius 1 is 0.358 bits per heavy atom. The summed E-state index contributed by atoms with van der Waals surface area (Å²) in [5.74, 6) is 0. The van der Waals surface area contributed by atoms with Crippen LogP contribution in [0.2, 0.25) is 0 Å². The molecule has 0 aliphatic carbocycles. The van der Waals surface area contributed by atoms with Crippen LogP contribution in [-0.4, -0.2) is 15.0 Å². The summed E-state index contributed by atoms with van der Waals surface area (Å²) in [6.45, 7) is 0. The van der Waals surface area contributed by atoms with Gasteiger partial charge in [0.15, 0.2) is 0 Å². The molecule has 3 heterocycles. The molecule has 0 aliphatic heterocycles. The smallest absolute Gasteiger partial charge is 0.304 e. The van der Waals surface area contributed by atoms with Gasteiger partial charge in [-0.05, 0) is 110 Å². The summed E-state index contributed by atoms with van der Waals surface area (Å²) in [4.78, 5) is 14.6. The summed E-state index contributed by atoms with van der Waals surface area (Å²) in [6.07, 6.45) is 9.42. The predicted octanol–water partition coefficient (Wildman–Crippen LogP) is 14.4. The minimum Gasteiger partial charge on any atom is -0.304 e. The average molecular weight is 1040 g/mol. The van der Waals surface area contributed by atoms with E-state index in [4.69, 9.17) is 15.0 Å². The molecule has 0 radical (unpaired) electrons. The van der Waals surface area contributed by atoms with Gasteiger partial charge in [0, 0.05) is 24.2 Å². The van der Waals surface area contributed by atoms with Crippen LogP contribution in [-0.2, 0) is 45.8 Å². The summed E-state index contributed by atoms with van der Waals surface area (Å²) >= 11 is 0. The average Bonchev–Trinajstić information content (AvgIpc) is 3.40. The monoisotopic (exact) mass is 1040 g/mol. The minimum atomic E-state index is 0. The third-order valence-electron chi connectivity index (χ3n) is 12.0. The quantitative estimate of drug-likeness (QED) is 0.108. The summed E-state index contributed by atoms with van der Waals surface area (Å²) < 4.78 is 0. The van der Waals surface area contributed by atoms with Crippen LogP contribution in [0.4, 0.5) is 0 Å². The van der Waals surface area contributed by atoms with Gasteiger partial charge in [-0.1, -0.05) is 127 Å². The van der Waals surface area contributed by atoms with Crippen molar-refractivity contribution in [2.24, 2.45) is 0 Å². The largest absolute Gasteiger partial charge is 3.00 e. The molecule has 0 bridgehead atoms. The van der Waals surface area contributed by atoms with Gasteiger partial charge in [0.1, 0.15) is 0 Å². The Kier molecular flexibility index (Phi) is 13.9. The van der Waals surface area contributed by atoms with Crippen molar-refractivity contribution < 1.29 is 20.1 Å². The normalized spacial score (nSPS) is 10.8. The fraction of sp³-hybridized carbons (Fsp3) is 0.0645. The van der Waals surface area contributed by atoms with E-state index in [9.17, 15) is 5.26 Å². The standard InChI is InChI=1S/C62H43N4.Ir/c63-40-48-13-12-20-54(38-48)62-39-58(51-31-29-50(30-32-51)49-14-4-1-5-15-49)59(43-66-62)57-22-11-10-21-56(57)55-36-46(25-23-44-27-33-60(64-41-44)52-16-6-2-7-17-52)35-47(37-55)26-24-45-28-34-61(65-42-45)53-18-8-3-9-19-53;/h1-16,18,21-22,27-39,41-43H,23-26H2;/q-3;+3. The van der Waals surface area contributed by atoms with Gasteiger partial charge in [-0.2, -0.15) is 5.26 Å². The fourth-order valence-corrected chi connectivity index (χ4v) is 8.54. The third-order valence-corrected chi connectivity index (χ3v) is 12.0. The number of aryl methyl sites for hydroxylation is 4. The van der Waals surface area contributed by atoms with Gasteiger partial charge >= 0.3 is 20.1 Å². The molecule has 5 heteroatoms. The van der Waals surface area contributed by atoms with E-state index in [-0.39, 0.29) is 20.1 Å². The molecule has 10 rings (SSSR count). The van der Waals surface area contributed by atoms with Gasteiger partial charge in [-0.25, -0.2) is 0 Å². The molecule has 67 heavy (non-hydrogen) atoms. The summed E-state index contributed by atoms with van der Waals surface area (Å²) in [6, 6.07) is 79.2. The molecule has 0 atom stereocenters. The van der Waals surface area contributed by atoms with E-state index in [1.54, 1.807) is 12.1 Å². The summed E-state index contributed by atoms with van der Waals surface area (Å²) in [5.41, 5.74) is 19.7.